The third-order valence-electron chi connectivity index (χ3n) is 4.04. The Kier molecular flexibility index (Phi) is 4.74. The summed E-state index contributed by atoms with van der Waals surface area (Å²) in [6, 6.07) is 6.44. The second-order valence-electron chi connectivity index (χ2n) is 5.71. The molecule has 0 atom stereocenters. The molecular weight excluding hydrogens is 310 g/mol. The zero-order valence-electron chi connectivity index (χ0n) is 13.2. The van der Waals surface area contributed by atoms with Crippen LogP contribution in [0, 0.1) is 0 Å². The van der Waals surface area contributed by atoms with Gasteiger partial charge in [0.25, 0.3) is 11.5 Å². The van der Waals surface area contributed by atoms with E-state index in [9.17, 15) is 14.4 Å². The van der Waals surface area contributed by atoms with Crippen molar-refractivity contribution in [1.29, 1.82) is 0 Å². The summed E-state index contributed by atoms with van der Waals surface area (Å²) in [5, 5.41) is 6.04. The smallest absolute Gasteiger partial charge is 0.274 e. The van der Waals surface area contributed by atoms with E-state index in [0.29, 0.717) is 39.0 Å². The molecule has 2 N–H and O–H groups in total. The molecule has 2 aromatic rings. The number of nitrogens with one attached hydrogen (secondary N) is 2. The van der Waals surface area contributed by atoms with E-state index < -0.39 is 0 Å². The molecule has 1 fully saturated rings. The highest BCUT2D eigenvalue weighted by atomic mass is 16.2. The summed E-state index contributed by atoms with van der Waals surface area (Å²) in [6.07, 6.45) is 2.84. The van der Waals surface area contributed by atoms with Crippen LogP contribution < -0.4 is 5.56 Å². The number of carbonyl (C=O) groups is 2. The number of nitrogens with zero attached hydrogens (tertiary/aromatic N) is 3. The van der Waals surface area contributed by atoms with E-state index in [-0.39, 0.29) is 23.1 Å². The molecule has 1 saturated heterocycles. The molecule has 8 nitrogen and oxygen atoms in total. The fourth-order valence-corrected chi connectivity index (χ4v) is 2.75. The normalized spacial score (nSPS) is 15.2. The standard InChI is InChI=1S/C16H19N5O3/c22-14-5-4-13(18-19-14)16(24)21-8-2-7-20(9-10-21)15(23)11-12-3-1-6-17-12/h1,3-6,17H,2,7-11H2,(H,19,22). The SMILES string of the molecule is O=C(Cc1ccc[nH]1)N1CCCN(C(=O)c2ccc(=O)[nH]n2)CC1. The summed E-state index contributed by atoms with van der Waals surface area (Å²) < 4.78 is 0. The highest BCUT2D eigenvalue weighted by molar-refractivity contribution is 5.92. The molecule has 3 rings (SSSR count). The van der Waals surface area contributed by atoms with E-state index in [1.54, 1.807) is 16.0 Å². The molecular formula is C16H19N5O3. The van der Waals surface area contributed by atoms with Crippen molar-refractivity contribution in [2.45, 2.75) is 12.8 Å². The minimum absolute atomic E-state index is 0.0499. The molecule has 1 aliphatic rings. The summed E-state index contributed by atoms with van der Waals surface area (Å²) in [5.41, 5.74) is 0.749. The zero-order chi connectivity index (χ0) is 16.9. The molecule has 0 radical (unpaired) electrons. The first-order valence-electron chi connectivity index (χ1n) is 7.88. The molecule has 0 spiro atoms. The van der Waals surface area contributed by atoms with E-state index in [4.69, 9.17) is 0 Å². The largest absolute Gasteiger partial charge is 0.365 e. The lowest BCUT2D eigenvalue weighted by atomic mass is 10.2. The number of amides is 2. The molecule has 0 unspecified atom stereocenters. The van der Waals surface area contributed by atoms with Crippen molar-refractivity contribution in [3.63, 3.8) is 0 Å². The number of hydrogen-bond donors (Lipinski definition) is 2. The maximum absolute atomic E-state index is 12.4. The van der Waals surface area contributed by atoms with Crippen LogP contribution in [0.4, 0.5) is 0 Å². The molecule has 24 heavy (non-hydrogen) atoms. The monoisotopic (exact) mass is 329 g/mol. The van der Waals surface area contributed by atoms with Crippen molar-refractivity contribution in [1.82, 2.24) is 25.0 Å². The average molecular weight is 329 g/mol. The topological polar surface area (TPSA) is 102 Å². The van der Waals surface area contributed by atoms with Gasteiger partial charge in [-0.3, -0.25) is 14.4 Å². The predicted molar refractivity (Wildman–Crippen MR) is 86.5 cm³/mol. The first kappa shape index (κ1) is 16.0. The molecule has 2 aromatic heterocycles. The lowest BCUT2D eigenvalue weighted by Crippen LogP contribution is -2.38. The van der Waals surface area contributed by atoms with Crippen molar-refractivity contribution in [3.05, 3.63) is 52.2 Å². The van der Waals surface area contributed by atoms with Crippen LogP contribution in [0.2, 0.25) is 0 Å². The Morgan fingerprint density at radius 2 is 1.88 bits per heavy atom. The number of H-pyrrole nitrogens is 2. The van der Waals surface area contributed by atoms with Crippen LogP contribution >= 0.6 is 0 Å². The van der Waals surface area contributed by atoms with Crippen LogP contribution in [0.5, 0.6) is 0 Å². The first-order chi connectivity index (χ1) is 11.6. The van der Waals surface area contributed by atoms with E-state index in [2.05, 4.69) is 15.2 Å². The molecule has 8 heteroatoms. The number of hydrogen-bond acceptors (Lipinski definition) is 4. The van der Waals surface area contributed by atoms with Gasteiger partial charge in [-0.05, 0) is 24.6 Å². The van der Waals surface area contributed by atoms with E-state index >= 15 is 0 Å². The lowest BCUT2D eigenvalue weighted by Gasteiger charge is -2.21. The highest BCUT2D eigenvalue weighted by Crippen LogP contribution is 2.09. The Hall–Kier alpha value is -2.90. The summed E-state index contributed by atoms with van der Waals surface area (Å²) >= 11 is 0. The Balaban J connectivity index is 1.60. The van der Waals surface area contributed by atoms with Crippen LogP contribution in [0.3, 0.4) is 0 Å². The van der Waals surface area contributed by atoms with Gasteiger partial charge in [0.05, 0.1) is 6.42 Å². The second-order valence-corrected chi connectivity index (χ2v) is 5.71. The van der Waals surface area contributed by atoms with Gasteiger partial charge in [0.2, 0.25) is 5.91 Å². The summed E-state index contributed by atoms with van der Waals surface area (Å²) in [7, 11) is 0. The van der Waals surface area contributed by atoms with Crippen LogP contribution in [0.25, 0.3) is 0 Å². The Bertz CT molecular complexity index is 748. The minimum atomic E-state index is -0.344. The molecule has 1 aliphatic heterocycles. The summed E-state index contributed by atoms with van der Waals surface area (Å²) in [5.74, 6) is -0.182. The van der Waals surface area contributed by atoms with Crippen LogP contribution in [-0.2, 0) is 11.2 Å². The fraction of sp³-hybridized carbons (Fsp3) is 0.375. The van der Waals surface area contributed by atoms with Crippen LogP contribution in [0.1, 0.15) is 22.6 Å². The second kappa shape index (κ2) is 7.12. The molecule has 3 heterocycles. The predicted octanol–water partition coefficient (Wildman–Crippen LogP) is 0.0152. The Morgan fingerprint density at radius 1 is 1.08 bits per heavy atom. The van der Waals surface area contributed by atoms with Gasteiger partial charge in [0, 0.05) is 44.1 Å². The van der Waals surface area contributed by atoms with Crippen molar-refractivity contribution >= 4 is 11.8 Å². The van der Waals surface area contributed by atoms with Gasteiger partial charge in [-0.2, -0.15) is 5.10 Å². The van der Waals surface area contributed by atoms with E-state index in [0.717, 1.165) is 5.69 Å². The highest BCUT2D eigenvalue weighted by Gasteiger charge is 2.23. The third kappa shape index (κ3) is 3.70. The summed E-state index contributed by atoms with van der Waals surface area (Å²) in [6.45, 7) is 2.14. The van der Waals surface area contributed by atoms with Crippen molar-refractivity contribution in [2.24, 2.45) is 0 Å². The number of aromatic nitrogens is 3. The third-order valence-corrected chi connectivity index (χ3v) is 4.04. The van der Waals surface area contributed by atoms with Crippen molar-refractivity contribution in [2.75, 3.05) is 26.2 Å². The molecule has 0 aromatic carbocycles. The van der Waals surface area contributed by atoms with Gasteiger partial charge < -0.3 is 14.8 Å². The quantitative estimate of drug-likeness (QED) is 0.828. The number of rotatable bonds is 3. The fourth-order valence-electron chi connectivity index (χ4n) is 2.75. The summed E-state index contributed by atoms with van der Waals surface area (Å²) in [4.78, 5) is 42.3. The van der Waals surface area contributed by atoms with Crippen molar-refractivity contribution in [3.8, 4) is 0 Å². The van der Waals surface area contributed by atoms with E-state index in [1.165, 1.54) is 12.1 Å². The average Bonchev–Trinajstić information content (AvgIpc) is 2.96. The molecule has 126 valence electrons. The Morgan fingerprint density at radius 3 is 2.58 bits per heavy atom. The lowest BCUT2D eigenvalue weighted by molar-refractivity contribution is -0.130. The molecule has 2 amide bonds. The van der Waals surface area contributed by atoms with Crippen LogP contribution in [0.15, 0.2) is 35.3 Å². The first-order valence-corrected chi connectivity index (χ1v) is 7.88. The zero-order valence-corrected chi connectivity index (χ0v) is 13.2. The number of aromatic amines is 2. The molecule has 0 aliphatic carbocycles. The maximum atomic E-state index is 12.4. The van der Waals surface area contributed by atoms with Gasteiger partial charge in [-0.1, -0.05) is 0 Å². The van der Waals surface area contributed by atoms with Gasteiger partial charge in [-0.25, -0.2) is 5.10 Å². The van der Waals surface area contributed by atoms with Gasteiger partial charge >= 0.3 is 0 Å². The minimum Gasteiger partial charge on any atom is -0.365 e. The van der Waals surface area contributed by atoms with Gasteiger partial charge in [-0.15, -0.1) is 0 Å². The maximum Gasteiger partial charge on any atom is 0.274 e. The molecule has 0 bridgehead atoms. The van der Waals surface area contributed by atoms with Gasteiger partial charge in [0.1, 0.15) is 5.69 Å². The van der Waals surface area contributed by atoms with Gasteiger partial charge in [0.15, 0.2) is 0 Å². The van der Waals surface area contributed by atoms with Crippen LogP contribution in [-0.4, -0.2) is 63.0 Å². The number of carbonyl (C=O) groups excluding carboxylic acids is 2. The van der Waals surface area contributed by atoms with Crippen molar-refractivity contribution < 1.29 is 9.59 Å². The Labute approximate surface area is 138 Å². The van der Waals surface area contributed by atoms with E-state index in [1.807, 2.05) is 12.1 Å². The molecule has 0 saturated carbocycles.